The third-order valence-corrected chi connectivity index (χ3v) is 7.36. The van der Waals surface area contributed by atoms with Crippen molar-refractivity contribution in [3.05, 3.63) is 77.9 Å². The van der Waals surface area contributed by atoms with Crippen LogP contribution < -0.4 is 21.7 Å². The number of nitrogens with zero attached hydrogens (tertiary/aromatic N) is 10. The van der Waals surface area contributed by atoms with Gasteiger partial charge in [-0.15, -0.1) is 0 Å². The maximum atomic E-state index is 12.4. The number of hydrogen-bond donors (Lipinski definition) is 8. The molecule has 1 aromatic carbocycles. The number of aromatic nitrogens is 12. The monoisotopic (exact) mass is 921 g/mol. The molecule has 0 saturated carbocycles. The summed E-state index contributed by atoms with van der Waals surface area (Å²) in [6.45, 7) is 0.370. The van der Waals surface area contributed by atoms with Gasteiger partial charge in [-0.05, 0) is 30.7 Å². The summed E-state index contributed by atoms with van der Waals surface area (Å²) in [7, 11) is 1.82. The summed E-state index contributed by atoms with van der Waals surface area (Å²) < 4.78 is 0.547. The van der Waals surface area contributed by atoms with Gasteiger partial charge < -0.3 is 46.8 Å². The van der Waals surface area contributed by atoms with E-state index in [4.69, 9.17) is 28.8 Å². The van der Waals surface area contributed by atoms with Gasteiger partial charge in [-0.1, -0.05) is 12.2 Å². The van der Waals surface area contributed by atoms with Gasteiger partial charge in [-0.2, -0.15) is 9.97 Å². The summed E-state index contributed by atoms with van der Waals surface area (Å²) in [4.78, 5) is 80.7. The molecule has 0 unspecified atom stereocenters. The van der Waals surface area contributed by atoms with Crippen molar-refractivity contribution in [1.82, 2.24) is 65.1 Å². The first kappa shape index (κ1) is 39.2. The van der Waals surface area contributed by atoms with Crippen LogP contribution in [0, 0.1) is 4.64 Å². The Morgan fingerprint density at radius 2 is 1.64 bits per heavy atom. The number of fused-ring (bicyclic) bond motifs is 3. The number of benzene rings is 1. The molecule has 276 valence electrons. The largest absolute Gasteiger partial charge is 0.481 e. The van der Waals surface area contributed by atoms with E-state index in [-0.39, 0.29) is 51.2 Å². The predicted octanol–water partition coefficient (Wildman–Crippen LogP) is 1.63. The quantitative estimate of drug-likeness (QED) is 0.0954. The number of aromatic amines is 3. The molecule has 0 radical (unpaired) electrons. The number of carbonyl (C=O) groups excluding carboxylic acids is 1. The Kier molecular flexibility index (Phi) is 13.4. The van der Waals surface area contributed by atoms with Gasteiger partial charge in [0.05, 0.1) is 43.6 Å². The molecule has 7 aromatic rings. The van der Waals surface area contributed by atoms with Crippen LogP contribution in [-0.4, -0.2) is 101 Å². The smallest absolute Gasteiger partial charge is 0.326 e. The number of aliphatic carboxylic acids is 2. The zero-order chi connectivity index (χ0) is 37.2. The second kappa shape index (κ2) is 18.1. The molecule has 0 aliphatic heterocycles. The maximum Gasteiger partial charge on any atom is 0.326 e. The molecule has 1 amide bonds. The molecule has 1 atom stereocenters. The van der Waals surface area contributed by atoms with Crippen LogP contribution in [0.2, 0.25) is 0 Å². The van der Waals surface area contributed by atoms with Crippen LogP contribution in [0.25, 0.3) is 33.5 Å². The van der Waals surface area contributed by atoms with Crippen LogP contribution in [0.3, 0.4) is 0 Å². The maximum absolute atomic E-state index is 12.4. The molecular formula is C30H30N16O5PtS. The Hall–Kier alpha value is -6.54. The van der Waals surface area contributed by atoms with E-state index in [2.05, 4.69) is 65.1 Å². The van der Waals surface area contributed by atoms with Crippen LogP contribution >= 0.6 is 12.2 Å². The van der Waals surface area contributed by atoms with Crippen molar-refractivity contribution in [2.45, 2.75) is 25.4 Å². The molecule has 0 aliphatic carbocycles. The standard InChI is InChI=1S/C20H22N8O5.C5H4N4S.C5H4N4.Pt/c1-28(9-11-8-23-17-15(24-11)16(21)26-20(22)27-17)12-4-2-10(3-5-12)18(31)25-13(19(32)33)6-7-14(29)30;10-5-3-4(7-1-6-3)8-2-9-5;1-4-5(8-2-6-1)9-3-7-4;/h2-5,8,13H,6-7,9H2,1H3,(H,25,31)(H,29,30)(H,32,33)(H4,21,22,23,26,27);1-2H,(H2,6,7,8,9,10);1-3H,(H,6,7,8,9);/t13-;;;/m0.../s1. The van der Waals surface area contributed by atoms with E-state index in [9.17, 15) is 19.5 Å². The first-order valence-electron chi connectivity index (χ1n) is 15.1. The number of rotatable bonds is 9. The van der Waals surface area contributed by atoms with Gasteiger partial charge in [-0.25, -0.2) is 39.7 Å². The fraction of sp³-hybridized carbons (Fsp3) is 0.167. The molecule has 53 heavy (non-hydrogen) atoms. The van der Waals surface area contributed by atoms with Gasteiger partial charge in [0.1, 0.15) is 23.4 Å². The van der Waals surface area contributed by atoms with E-state index in [0.717, 1.165) is 22.4 Å². The average molecular weight is 922 g/mol. The van der Waals surface area contributed by atoms with E-state index in [1.807, 2.05) is 11.9 Å². The third kappa shape index (κ3) is 10.5. The Morgan fingerprint density at radius 1 is 0.906 bits per heavy atom. The normalized spacial score (nSPS) is 11.0. The average Bonchev–Trinajstić information content (AvgIpc) is 3.82. The van der Waals surface area contributed by atoms with Crippen molar-refractivity contribution >= 4 is 81.0 Å². The zero-order valence-corrected chi connectivity index (χ0v) is 30.5. The van der Waals surface area contributed by atoms with Gasteiger partial charge in [0.25, 0.3) is 5.91 Å². The summed E-state index contributed by atoms with van der Waals surface area (Å²) in [5.74, 6) is -2.91. The number of amides is 1. The number of carboxylic acids is 2. The number of imidazole rings is 2. The van der Waals surface area contributed by atoms with E-state index < -0.39 is 23.9 Å². The molecule has 23 heteroatoms. The Balaban J connectivity index is 0.000000250. The van der Waals surface area contributed by atoms with Crippen molar-refractivity contribution in [3.8, 4) is 0 Å². The first-order chi connectivity index (χ1) is 25.0. The van der Waals surface area contributed by atoms with Gasteiger partial charge in [0.2, 0.25) is 5.95 Å². The number of carboxylic acid groups (broad SMARTS) is 2. The molecule has 6 heterocycles. The fourth-order valence-electron chi connectivity index (χ4n) is 4.50. The van der Waals surface area contributed by atoms with Gasteiger partial charge in [0, 0.05) is 45.8 Å². The Morgan fingerprint density at radius 3 is 2.34 bits per heavy atom. The van der Waals surface area contributed by atoms with Crippen molar-refractivity contribution in [2.24, 2.45) is 0 Å². The van der Waals surface area contributed by atoms with Crippen molar-refractivity contribution in [3.63, 3.8) is 0 Å². The molecule has 0 spiro atoms. The van der Waals surface area contributed by atoms with E-state index >= 15 is 0 Å². The van der Waals surface area contributed by atoms with Crippen LogP contribution in [0.5, 0.6) is 0 Å². The van der Waals surface area contributed by atoms with Crippen LogP contribution in [-0.2, 0) is 37.2 Å². The molecule has 10 N–H and O–H groups in total. The van der Waals surface area contributed by atoms with Crippen molar-refractivity contribution < 1.29 is 45.7 Å². The Bertz CT molecular complexity index is 2370. The predicted molar refractivity (Wildman–Crippen MR) is 189 cm³/mol. The van der Waals surface area contributed by atoms with Crippen molar-refractivity contribution in [2.75, 3.05) is 23.4 Å². The van der Waals surface area contributed by atoms with Crippen LogP contribution in [0.4, 0.5) is 17.5 Å². The van der Waals surface area contributed by atoms with E-state index in [1.165, 1.54) is 24.8 Å². The summed E-state index contributed by atoms with van der Waals surface area (Å²) in [6, 6.07) is 5.16. The van der Waals surface area contributed by atoms with Crippen molar-refractivity contribution in [1.29, 1.82) is 0 Å². The minimum absolute atomic E-state index is 0. The third-order valence-electron chi connectivity index (χ3n) is 7.06. The number of nitrogen functional groups attached to an aromatic ring is 2. The van der Waals surface area contributed by atoms with Gasteiger partial charge in [-0.3, -0.25) is 9.59 Å². The molecule has 0 saturated heterocycles. The number of H-pyrrole nitrogens is 3. The number of carbonyl (C=O) groups is 3. The van der Waals surface area contributed by atoms with E-state index in [0.29, 0.717) is 33.7 Å². The molecule has 7 rings (SSSR count). The molecule has 6 aromatic heterocycles. The number of nitrogens with two attached hydrogens (primary N) is 2. The first-order valence-corrected chi connectivity index (χ1v) is 15.5. The van der Waals surface area contributed by atoms with Crippen LogP contribution in [0.15, 0.2) is 62.0 Å². The number of hydrogen-bond acceptors (Lipinski definition) is 16. The molecule has 0 bridgehead atoms. The molecule has 0 aliphatic rings. The number of nitrogens with one attached hydrogen (secondary N) is 4. The number of anilines is 3. The minimum Gasteiger partial charge on any atom is -0.481 e. The Labute approximate surface area is 317 Å². The molecule has 21 nitrogen and oxygen atoms in total. The minimum atomic E-state index is -1.30. The fourth-order valence-corrected chi connectivity index (χ4v) is 4.71. The topological polar surface area (TPSA) is 322 Å². The van der Waals surface area contributed by atoms with Gasteiger partial charge >= 0.3 is 11.9 Å². The molecule has 0 fully saturated rings. The van der Waals surface area contributed by atoms with E-state index in [1.54, 1.807) is 37.2 Å². The SMILES string of the molecule is CN(Cc1cnc2nc(N)nc(N)c2n1)c1ccc(C(=O)N[C@@H](CCC(=O)O)C(=O)O)cc1.S=c1nc[nH]c2nc[nH]c12.[Pt].c1ncc2[nH]cnc2n1. The summed E-state index contributed by atoms with van der Waals surface area (Å²) >= 11 is 4.91. The summed E-state index contributed by atoms with van der Waals surface area (Å²) in [6.07, 6.45) is 8.84. The second-order valence-corrected chi connectivity index (χ2v) is 11.1. The second-order valence-electron chi connectivity index (χ2n) is 10.7. The van der Waals surface area contributed by atoms with Gasteiger partial charge in [0.15, 0.2) is 32.9 Å². The summed E-state index contributed by atoms with van der Waals surface area (Å²) in [5.41, 5.74) is 16.8. The van der Waals surface area contributed by atoms with Crippen LogP contribution in [0.1, 0.15) is 28.9 Å². The summed E-state index contributed by atoms with van der Waals surface area (Å²) in [5, 5.41) is 20.2. The zero-order valence-electron chi connectivity index (χ0n) is 27.4. The molecular weight excluding hydrogens is 892 g/mol.